The van der Waals surface area contributed by atoms with Gasteiger partial charge in [-0.1, -0.05) is 23.7 Å². The zero-order valence-corrected chi connectivity index (χ0v) is 16.2. The van der Waals surface area contributed by atoms with Gasteiger partial charge in [-0.3, -0.25) is 4.79 Å². The number of rotatable bonds is 3. The number of carbonyl (C=O) groups is 1. The highest BCUT2D eigenvalue weighted by atomic mass is 35.5. The van der Waals surface area contributed by atoms with E-state index in [-0.39, 0.29) is 22.9 Å². The topological polar surface area (TPSA) is 39.4 Å². The molecule has 1 aliphatic heterocycles. The molecule has 0 unspecified atom stereocenters. The van der Waals surface area contributed by atoms with Crippen molar-refractivity contribution in [3.05, 3.63) is 76.5 Å². The Hall–Kier alpha value is -2.64. The van der Waals surface area contributed by atoms with Gasteiger partial charge < -0.3 is 9.15 Å². The molecular formula is C21H12ClF3O3S. The lowest BCUT2D eigenvalue weighted by Crippen LogP contribution is -2.17. The van der Waals surface area contributed by atoms with E-state index in [2.05, 4.69) is 4.74 Å². The molecule has 1 aliphatic rings. The first kappa shape index (κ1) is 19.7. The molecule has 29 heavy (non-hydrogen) atoms. The average molecular weight is 437 g/mol. The second kappa shape index (κ2) is 7.65. The van der Waals surface area contributed by atoms with Crippen LogP contribution in [0.15, 0.2) is 69.5 Å². The van der Waals surface area contributed by atoms with Crippen LogP contribution in [0.4, 0.5) is 13.2 Å². The summed E-state index contributed by atoms with van der Waals surface area (Å²) in [7, 11) is 0. The first-order valence-electron chi connectivity index (χ1n) is 8.43. The predicted molar refractivity (Wildman–Crippen MR) is 105 cm³/mol. The molecule has 0 saturated carbocycles. The Kier molecular flexibility index (Phi) is 5.19. The number of hydrogen-bond acceptors (Lipinski definition) is 4. The van der Waals surface area contributed by atoms with Crippen LogP contribution in [0.3, 0.4) is 0 Å². The third kappa shape index (κ3) is 4.36. The van der Waals surface area contributed by atoms with Crippen LogP contribution >= 0.6 is 23.4 Å². The van der Waals surface area contributed by atoms with E-state index in [9.17, 15) is 18.0 Å². The van der Waals surface area contributed by atoms with E-state index in [1.165, 1.54) is 36.0 Å². The van der Waals surface area contributed by atoms with Gasteiger partial charge in [-0.25, -0.2) is 0 Å². The number of ether oxygens (including phenoxy) is 1. The molecule has 4 rings (SSSR count). The minimum absolute atomic E-state index is 0.153. The molecule has 2 heterocycles. The van der Waals surface area contributed by atoms with Gasteiger partial charge in [0.25, 0.3) is 0 Å². The molecule has 0 fully saturated rings. The van der Waals surface area contributed by atoms with Crippen LogP contribution in [-0.2, 0) is 0 Å². The van der Waals surface area contributed by atoms with Gasteiger partial charge in [0.05, 0.1) is 5.56 Å². The van der Waals surface area contributed by atoms with Crippen molar-refractivity contribution >= 4 is 35.2 Å². The number of benzene rings is 2. The summed E-state index contributed by atoms with van der Waals surface area (Å²) in [5.74, 6) is 0.505. The van der Waals surface area contributed by atoms with Crippen LogP contribution in [0, 0.1) is 0 Å². The molecule has 0 N–H and O–H groups in total. The Morgan fingerprint density at radius 2 is 1.86 bits per heavy atom. The van der Waals surface area contributed by atoms with Crippen LogP contribution < -0.4 is 4.74 Å². The van der Waals surface area contributed by atoms with E-state index in [1.807, 2.05) is 0 Å². The fourth-order valence-corrected chi connectivity index (χ4v) is 4.11. The number of para-hydroxylation sites is 1. The highest BCUT2D eigenvalue weighted by Crippen LogP contribution is 2.37. The molecule has 1 aromatic heterocycles. The maximum absolute atomic E-state index is 12.7. The zero-order chi connectivity index (χ0) is 20.6. The maximum atomic E-state index is 12.7. The molecule has 0 aliphatic carbocycles. The minimum Gasteiger partial charge on any atom is -0.457 e. The van der Waals surface area contributed by atoms with Gasteiger partial charge in [0.1, 0.15) is 17.3 Å². The van der Waals surface area contributed by atoms with Crippen LogP contribution in [0.2, 0.25) is 5.02 Å². The monoisotopic (exact) mass is 436 g/mol. The SMILES string of the molecule is O=C1/C(=C\c2ccc(-c3ccccc3OC(F)(F)F)o2)CSc2ccc(Cl)cc21. The van der Waals surface area contributed by atoms with Gasteiger partial charge in [-0.05, 0) is 48.5 Å². The van der Waals surface area contributed by atoms with Crippen molar-refractivity contribution in [3.8, 4) is 17.1 Å². The molecule has 0 atom stereocenters. The molecule has 3 aromatic rings. The van der Waals surface area contributed by atoms with E-state index in [0.717, 1.165) is 4.90 Å². The second-order valence-electron chi connectivity index (χ2n) is 6.17. The van der Waals surface area contributed by atoms with Gasteiger partial charge in [0.2, 0.25) is 0 Å². The number of hydrogen-bond donors (Lipinski definition) is 0. The van der Waals surface area contributed by atoms with E-state index >= 15 is 0 Å². The van der Waals surface area contributed by atoms with Crippen molar-refractivity contribution in [3.63, 3.8) is 0 Å². The quantitative estimate of drug-likeness (QED) is 0.420. The normalized spacial score (nSPS) is 15.4. The van der Waals surface area contributed by atoms with E-state index in [4.69, 9.17) is 16.0 Å². The van der Waals surface area contributed by atoms with Gasteiger partial charge in [0, 0.05) is 26.8 Å². The lowest BCUT2D eigenvalue weighted by molar-refractivity contribution is -0.274. The number of fused-ring (bicyclic) bond motifs is 1. The van der Waals surface area contributed by atoms with Crippen molar-refractivity contribution in [2.24, 2.45) is 0 Å². The van der Waals surface area contributed by atoms with Crippen LogP contribution in [-0.4, -0.2) is 17.9 Å². The number of furan rings is 1. The highest BCUT2D eigenvalue weighted by molar-refractivity contribution is 7.99. The lowest BCUT2D eigenvalue weighted by atomic mass is 10.0. The van der Waals surface area contributed by atoms with Crippen molar-refractivity contribution in [2.75, 3.05) is 5.75 Å². The highest BCUT2D eigenvalue weighted by Gasteiger charge is 2.32. The van der Waals surface area contributed by atoms with Crippen molar-refractivity contribution < 1.29 is 27.1 Å². The molecule has 0 bridgehead atoms. The summed E-state index contributed by atoms with van der Waals surface area (Å²) in [4.78, 5) is 13.6. The summed E-state index contributed by atoms with van der Waals surface area (Å²) in [5.41, 5.74) is 1.21. The number of alkyl halides is 3. The predicted octanol–water partition coefficient (Wildman–Crippen LogP) is 6.87. The molecule has 2 aromatic carbocycles. The number of carbonyl (C=O) groups excluding carboxylic acids is 1. The first-order chi connectivity index (χ1) is 13.8. The molecule has 3 nitrogen and oxygen atoms in total. The van der Waals surface area contributed by atoms with Crippen LogP contribution in [0.5, 0.6) is 5.75 Å². The third-order valence-electron chi connectivity index (χ3n) is 4.18. The summed E-state index contributed by atoms with van der Waals surface area (Å²) < 4.78 is 47.6. The largest absolute Gasteiger partial charge is 0.573 e. The summed E-state index contributed by atoms with van der Waals surface area (Å²) in [6, 6.07) is 14.0. The number of Topliss-reactive ketones (excluding diaryl/α,β-unsaturated/α-hetero) is 1. The van der Waals surface area contributed by atoms with Crippen LogP contribution in [0.1, 0.15) is 16.1 Å². The smallest absolute Gasteiger partial charge is 0.457 e. The lowest BCUT2D eigenvalue weighted by Gasteiger charge is -2.16. The Balaban J connectivity index is 1.64. The second-order valence-corrected chi connectivity index (χ2v) is 7.63. The van der Waals surface area contributed by atoms with Crippen molar-refractivity contribution in [2.45, 2.75) is 11.3 Å². The summed E-state index contributed by atoms with van der Waals surface area (Å²) in [5, 5.41) is 0.473. The standard InChI is InChI=1S/C21H12ClF3O3S/c22-13-5-8-19-16(10-13)20(26)12(11-29-19)9-14-6-7-17(27-14)15-3-1-2-4-18(15)28-21(23,24)25/h1-10H,11H2/b12-9-. The molecule has 148 valence electrons. The molecule has 0 saturated heterocycles. The van der Waals surface area contributed by atoms with Gasteiger partial charge in [0.15, 0.2) is 5.78 Å². The Morgan fingerprint density at radius 1 is 1.07 bits per heavy atom. The summed E-state index contributed by atoms with van der Waals surface area (Å²) in [6.45, 7) is 0. The Morgan fingerprint density at radius 3 is 2.66 bits per heavy atom. The maximum Gasteiger partial charge on any atom is 0.573 e. The van der Waals surface area contributed by atoms with Crippen molar-refractivity contribution in [1.29, 1.82) is 0 Å². The number of ketones is 1. The summed E-state index contributed by atoms with van der Waals surface area (Å²) in [6.07, 6.45) is -3.22. The number of halogens is 4. The molecule has 8 heteroatoms. The third-order valence-corrected chi connectivity index (χ3v) is 5.54. The Bertz CT molecular complexity index is 1120. The van der Waals surface area contributed by atoms with E-state index in [1.54, 1.807) is 36.4 Å². The molecular weight excluding hydrogens is 425 g/mol. The summed E-state index contributed by atoms with van der Waals surface area (Å²) >= 11 is 7.50. The van der Waals surface area contributed by atoms with Gasteiger partial charge >= 0.3 is 6.36 Å². The van der Waals surface area contributed by atoms with E-state index in [0.29, 0.717) is 27.7 Å². The fraction of sp³-hybridized carbons (Fsp3) is 0.0952. The van der Waals surface area contributed by atoms with Crippen molar-refractivity contribution in [1.82, 2.24) is 0 Å². The zero-order valence-electron chi connectivity index (χ0n) is 14.6. The molecule has 0 spiro atoms. The van der Waals surface area contributed by atoms with E-state index < -0.39 is 6.36 Å². The fourth-order valence-electron chi connectivity index (χ4n) is 2.94. The molecule has 0 radical (unpaired) electrons. The van der Waals surface area contributed by atoms with Gasteiger partial charge in [-0.2, -0.15) is 0 Å². The van der Waals surface area contributed by atoms with Crippen LogP contribution in [0.25, 0.3) is 17.4 Å². The average Bonchev–Trinajstić information content (AvgIpc) is 3.12. The Labute approximate surface area is 173 Å². The molecule has 0 amide bonds. The number of thioether (sulfide) groups is 1. The first-order valence-corrected chi connectivity index (χ1v) is 9.79. The van der Waals surface area contributed by atoms with Gasteiger partial charge in [-0.15, -0.1) is 24.9 Å². The minimum atomic E-state index is -4.81.